The Morgan fingerprint density at radius 1 is 1.22 bits per heavy atom. The number of H-pyrrole nitrogens is 1. The van der Waals surface area contributed by atoms with Crippen LogP contribution in [0.3, 0.4) is 0 Å². The highest BCUT2D eigenvalue weighted by Crippen LogP contribution is 2.33. The normalized spacial score (nSPS) is 25.7. The summed E-state index contributed by atoms with van der Waals surface area (Å²) in [4.78, 5) is 20.0. The fraction of sp³-hybridized carbons (Fsp3) is 0.500. The van der Waals surface area contributed by atoms with Gasteiger partial charge in [-0.2, -0.15) is 5.10 Å². The maximum atomic E-state index is 11.7. The van der Waals surface area contributed by atoms with Crippen LogP contribution >= 0.6 is 0 Å². The van der Waals surface area contributed by atoms with Crippen LogP contribution in [0.4, 0.5) is 0 Å². The highest BCUT2D eigenvalue weighted by atomic mass is 16.2. The standard InChI is InChI=1S/C18H22N4O/c1-18(10-16(23)22-19-11-18)13-7-8-14-15(9-13)21-17(20-14)12-5-3-2-4-6-12/h7-9,11-12H,2-6,10H2,1H3,(H,20,21)(H,22,23). The zero-order valence-corrected chi connectivity index (χ0v) is 13.4. The maximum absolute atomic E-state index is 11.7. The van der Waals surface area contributed by atoms with Crippen LogP contribution in [-0.2, 0) is 10.2 Å². The van der Waals surface area contributed by atoms with E-state index in [1.807, 2.05) is 6.21 Å². The van der Waals surface area contributed by atoms with Gasteiger partial charge < -0.3 is 4.98 Å². The lowest BCUT2D eigenvalue weighted by Crippen LogP contribution is -2.37. The quantitative estimate of drug-likeness (QED) is 0.892. The fourth-order valence-corrected chi connectivity index (χ4v) is 3.80. The number of aromatic amines is 1. The number of carbonyl (C=O) groups is 1. The molecule has 4 rings (SSSR count). The molecule has 0 bridgehead atoms. The first-order valence-electron chi connectivity index (χ1n) is 8.47. The Morgan fingerprint density at radius 2 is 2.04 bits per heavy atom. The van der Waals surface area contributed by atoms with Gasteiger partial charge in [0.05, 0.1) is 11.0 Å². The van der Waals surface area contributed by atoms with Crippen molar-refractivity contribution >= 4 is 23.2 Å². The highest BCUT2D eigenvalue weighted by molar-refractivity contribution is 5.90. The SMILES string of the molecule is CC1(c2ccc3nc(C4CCCCC4)[nH]c3c2)C=NNC(=O)C1. The van der Waals surface area contributed by atoms with Crippen molar-refractivity contribution in [2.24, 2.45) is 5.10 Å². The number of nitrogens with one attached hydrogen (secondary N) is 2. The average molecular weight is 310 g/mol. The molecule has 1 unspecified atom stereocenters. The first kappa shape index (κ1) is 14.4. The number of hydrogen-bond acceptors (Lipinski definition) is 3. The number of rotatable bonds is 2. The molecule has 1 fully saturated rings. The highest BCUT2D eigenvalue weighted by Gasteiger charge is 2.31. The first-order chi connectivity index (χ1) is 11.1. The van der Waals surface area contributed by atoms with E-state index in [9.17, 15) is 4.79 Å². The van der Waals surface area contributed by atoms with Crippen LogP contribution in [0.2, 0.25) is 0 Å². The third-order valence-electron chi connectivity index (χ3n) is 5.22. The van der Waals surface area contributed by atoms with Gasteiger partial charge in [-0.15, -0.1) is 0 Å². The summed E-state index contributed by atoms with van der Waals surface area (Å²) in [6.07, 6.45) is 8.67. The van der Waals surface area contributed by atoms with Crippen LogP contribution in [0, 0.1) is 0 Å². The van der Waals surface area contributed by atoms with Gasteiger partial charge in [-0.05, 0) is 37.5 Å². The molecule has 1 aliphatic carbocycles. The van der Waals surface area contributed by atoms with E-state index in [0.29, 0.717) is 12.3 Å². The molecule has 1 saturated carbocycles. The lowest BCUT2D eigenvalue weighted by Gasteiger charge is -2.27. The van der Waals surface area contributed by atoms with Crippen LogP contribution in [-0.4, -0.2) is 22.1 Å². The molecule has 0 spiro atoms. The molecule has 23 heavy (non-hydrogen) atoms. The van der Waals surface area contributed by atoms with Gasteiger partial charge in [0.2, 0.25) is 5.91 Å². The van der Waals surface area contributed by atoms with Crippen LogP contribution in [0.25, 0.3) is 11.0 Å². The summed E-state index contributed by atoms with van der Waals surface area (Å²) in [5, 5.41) is 4.00. The lowest BCUT2D eigenvalue weighted by molar-refractivity contribution is -0.122. The number of hydrogen-bond donors (Lipinski definition) is 2. The molecule has 2 aliphatic rings. The molecule has 1 amide bonds. The third kappa shape index (κ3) is 2.64. The molecule has 2 heterocycles. The molecular weight excluding hydrogens is 288 g/mol. The van der Waals surface area contributed by atoms with Gasteiger partial charge in [-0.3, -0.25) is 4.79 Å². The van der Waals surface area contributed by atoms with E-state index in [4.69, 9.17) is 4.98 Å². The summed E-state index contributed by atoms with van der Waals surface area (Å²) in [7, 11) is 0. The smallest absolute Gasteiger partial charge is 0.241 e. The molecule has 120 valence electrons. The van der Waals surface area contributed by atoms with Crippen molar-refractivity contribution in [1.82, 2.24) is 15.4 Å². The van der Waals surface area contributed by atoms with Crippen molar-refractivity contribution in [2.75, 3.05) is 0 Å². The van der Waals surface area contributed by atoms with Crippen LogP contribution in [0.5, 0.6) is 0 Å². The average Bonchev–Trinajstić information content (AvgIpc) is 2.98. The molecule has 5 nitrogen and oxygen atoms in total. The predicted octanol–water partition coefficient (Wildman–Crippen LogP) is 3.37. The zero-order valence-electron chi connectivity index (χ0n) is 13.4. The molecule has 0 saturated heterocycles. The predicted molar refractivity (Wildman–Crippen MR) is 90.5 cm³/mol. The molecule has 5 heteroatoms. The fourth-order valence-electron chi connectivity index (χ4n) is 3.80. The molecular formula is C18H22N4O. The minimum absolute atomic E-state index is 0.0393. The van der Waals surface area contributed by atoms with Gasteiger partial charge in [-0.1, -0.05) is 25.3 Å². The Balaban J connectivity index is 1.69. The Morgan fingerprint density at radius 3 is 2.83 bits per heavy atom. The number of imidazole rings is 1. The Bertz CT molecular complexity index is 772. The second kappa shape index (κ2) is 5.48. The summed E-state index contributed by atoms with van der Waals surface area (Å²) in [6.45, 7) is 2.05. The van der Waals surface area contributed by atoms with Gasteiger partial charge in [0.25, 0.3) is 0 Å². The molecule has 1 atom stereocenters. The first-order valence-corrected chi connectivity index (χ1v) is 8.47. The zero-order chi connectivity index (χ0) is 15.9. The van der Waals surface area contributed by atoms with E-state index in [1.165, 1.54) is 32.1 Å². The summed E-state index contributed by atoms with van der Waals surface area (Å²) < 4.78 is 0. The Labute approximate surface area is 135 Å². The van der Waals surface area contributed by atoms with Crippen molar-refractivity contribution in [2.45, 2.75) is 56.8 Å². The molecule has 1 aromatic carbocycles. The van der Waals surface area contributed by atoms with Crippen molar-refractivity contribution in [3.8, 4) is 0 Å². The number of hydrazone groups is 1. The van der Waals surface area contributed by atoms with E-state index >= 15 is 0 Å². The summed E-state index contributed by atoms with van der Waals surface area (Å²) in [6, 6.07) is 6.25. The number of amides is 1. The minimum Gasteiger partial charge on any atom is -0.342 e. The van der Waals surface area contributed by atoms with Crippen molar-refractivity contribution < 1.29 is 4.79 Å². The largest absolute Gasteiger partial charge is 0.342 e. The van der Waals surface area contributed by atoms with Gasteiger partial charge >= 0.3 is 0 Å². The van der Waals surface area contributed by atoms with Crippen LogP contribution in [0.15, 0.2) is 23.3 Å². The molecule has 1 aromatic heterocycles. The van der Waals surface area contributed by atoms with Crippen LogP contribution < -0.4 is 5.43 Å². The van der Waals surface area contributed by atoms with Gasteiger partial charge in [0, 0.05) is 24.0 Å². The van der Waals surface area contributed by atoms with E-state index in [2.05, 4.69) is 40.6 Å². The number of aromatic nitrogens is 2. The Kier molecular flexibility index (Phi) is 3.43. The topological polar surface area (TPSA) is 70.1 Å². The number of benzene rings is 1. The van der Waals surface area contributed by atoms with Gasteiger partial charge in [0.1, 0.15) is 5.82 Å². The molecule has 2 aromatic rings. The van der Waals surface area contributed by atoms with Crippen molar-refractivity contribution in [1.29, 1.82) is 0 Å². The second-order valence-electron chi connectivity index (χ2n) is 7.08. The van der Waals surface area contributed by atoms with Gasteiger partial charge in [0.15, 0.2) is 0 Å². The van der Waals surface area contributed by atoms with E-state index in [0.717, 1.165) is 22.4 Å². The van der Waals surface area contributed by atoms with Crippen molar-refractivity contribution in [3.63, 3.8) is 0 Å². The summed E-state index contributed by atoms with van der Waals surface area (Å²) in [5.74, 6) is 1.65. The van der Waals surface area contributed by atoms with E-state index < -0.39 is 0 Å². The summed E-state index contributed by atoms with van der Waals surface area (Å²) in [5.41, 5.74) is 5.31. The molecule has 0 radical (unpaired) electrons. The van der Waals surface area contributed by atoms with Crippen molar-refractivity contribution in [3.05, 3.63) is 29.6 Å². The second-order valence-corrected chi connectivity index (χ2v) is 7.08. The van der Waals surface area contributed by atoms with E-state index in [-0.39, 0.29) is 11.3 Å². The maximum Gasteiger partial charge on any atom is 0.241 e. The lowest BCUT2D eigenvalue weighted by atomic mass is 9.79. The molecule has 1 aliphatic heterocycles. The van der Waals surface area contributed by atoms with Gasteiger partial charge in [-0.25, -0.2) is 10.4 Å². The minimum atomic E-state index is -0.355. The van der Waals surface area contributed by atoms with Crippen LogP contribution in [0.1, 0.15) is 62.8 Å². The number of carbonyl (C=O) groups excluding carboxylic acids is 1. The summed E-state index contributed by atoms with van der Waals surface area (Å²) >= 11 is 0. The monoisotopic (exact) mass is 310 g/mol. The Hall–Kier alpha value is -2.17. The molecule has 2 N–H and O–H groups in total. The third-order valence-corrected chi connectivity index (χ3v) is 5.22. The number of fused-ring (bicyclic) bond motifs is 1. The number of nitrogens with zero attached hydrogens (tertiary/aromatic N) is 2. The van der Waals surface area contributed by atoms with E-state index in [1.54, 1.807) is 0 Å².